The number of ether oxygens (including phenoxy) is 1. The molecule has 0 saturated carbocycles. The van der Waals surface area contributed by atoms with Crippen molar-refractivity contribution in [1.82, 2.24) is 57.7 Å². The number of aliphatic hydroxyl groups is 8. The molecule has 19 unspecified atom stereocenters. The monoisotopic (exact) mass is 1720 g/mol. The Morgan fingerprint density at radius 1 is 0.598 bits per heavy atom. The van der Waals surface area contributed by atoms with E-state index in [1.807, 2.05) is 68.6 Å². The lowest BCUT2D eigenvalue weighted by molar-refractivity contribution is -0.148. The van der Waals surface area contributed by atoms with Crippen molar-refractivity contribution in [2.45, 2.75) is 228 Å². The molecule has 0 radical (unpaired) electrons. The van der Waals surface area contributed by atoms with Crippen LogP contribution in [0.3, 0.4) is 0 Å². The minimum atomic E-state index is -2.54. The number of hydrogen-bond donors (Lipinski definition) is 20. The van der Waals surface area contributed by atoms with Gasteiger partial charge in [0.25, 0.3) is 5.91 Å². The van der Waals surface area contributed by atoms with Crippen LogP contribution < -0.4 is 63.6 Å². The van der Waals surface area contributed by atoms with Gasteiger partial charge in [0, 0.05) is 50.0 Å². The zero-order valence-corrected chi connectivity index (χ0v) is 70.6. The fourth-order valence-corrected chi connectivity index (χ4v) is 14.8. The number of unbranched alkanes of at least 4 members (excludes halogenated alkanes) is 3. The number of amides is 12. The van der Waals surface area contributed by atoms with Crippen LogP contribution >= 0.6 is 11.8 Å². The van der Waals surface area contributed by atoms with E-state index in [4.69, 9.17) is 10.5 Å². The molecule has 21 N–H and O–H groups in total. The first-order chi connectivity index (χ1) is 58.1. The molecule has 2 saturated heterocycles. The number of aromatic hydroxyl groups is 1. The highest BCUT2D eigenvalue weighted by atomic mass is 32.2. The molecule has 12 amide bonds. The summed E-state index contributed by atoms with van der Waals surface area (Å²) in [6, 6.07) is 19.4. The number of hydrogen-bond acceptors (Lipinski definition) is 24. The molecule has 5 aromatic carbocycles. The van der Waals surface area contributed by atoms with Crippen LogP contribution in [-0.4, -0.2) is 269 Å². The molecule has 0 aromatic heterocycles. The van der Waals surface area contributed by atoms with E-state index < -0.39 is 205 Å². The predicted octanol–water partition coefficient (Wildman–Crippen LogP) is 0.387. The number of benzene rings is 5. The topological polar surface area (TPSA) is 549 Å². The molecular weight excluding hydrogens is 1600 g/mol. The zero-order chi connectivity index (χ0) is 89.6. The first-order valence-corrected chi connectivity index (χ1v) is 42.4. The Morgan fingerprint density at radius 3 is 1.80 bits per heavy atom. The summed E-state index contributed by atoms with van der Waals surface area (Å²) in [6.07, 6.45) is -9.53. The number of rotatable bonds is 48. The van der Waals surface area contributed by atoms with E-state index in [1.54, 1.807) is 61.5 Å². The van der Waals surface area contributed by atoms with E-state index in [0.717, 1.165) is 89.1 Å². The van der Waals surface area contributed by atoms with Crippen LogP contribution in [0.5, 0.6) is 11.5 Å². The van der Waals surface area contributed by atoms with Crippen molar-refractivity contribution in [3.8, 4) is 33.8 Å². The van der Waals surface area contributed by atoms with E-state index in [-0.39, 0.29) is 68.5 Å². The van der Waals surface area contributed by atoms with E-state index in [9.17, 15) is 103 Å². The van der Waals surface area contributed by atoms with Crippen LogP contribution in [0.25, 0.3) is 22.3 Å². The molecule has 0 spiro atoms. The summed E-state index contributed by atoms with van der Waals surface area (Å²) < 4.78 is 5.85. The highest BCUT2D eigenvalue weighted by Gasteiger charge is 2.50. The second-order valence-corrected chi connectivity index (χ2v) is 32.5. The lowest BCUT2D eigenvalue weighted by Crippen LogP contribution is -2.64. The Kier molecular flexibility index (Phi) is 38.9. The first kappa shape index (κ1) is 98.4. The van der Waals surface area contributed by atoms with Crippen LogP contribution in [-0.2, 0) is 59.2 Å². The molecular formula is C86H119N13O22S. The second-order valence-electron chi connectivity index (χ2n) is 31.5. The number of β-amino-alcohol motifs (C(OH)–C–C–N with tert-alkyl or cyclic N) is 1. The zero-order valence-electron chi connectivity index (χ0n) is 69.8. The van der Waals surface area contributed by atoms with Crippen molar-refractivity contribution >= 4 is 89.3 Å². The van der Waals surface area contributed by atoms with Crippen LogP contribution in [0.15, 0.2) is 121 Å². The number of phenolic OH excluding ortho intramolecular Hbond substituents is 1. The molecule has 0 aliphatic carbocycles. The number of carbonyl (C=O) groups excluding carboxylic acids is 12. The van der Waals surface area contributed by atoms with Crippen molar-refractivity contribution in [1.29, 1.82) is 0 Å². The average Bonchev–Trinajstić information content (AvgIpc) is 1.62. The fourth-order valence-electron chi connectivity index (χ4n) is 14.3. The van der Waals surface area contributed by atoms with Crippen molar-refractivity contribution in [3.63, 3.8) is 0 Å². The maximum atomic E-state index is 14.9. The second kappa shape index (κ2) is 48.2. The summed E-state index contributed by atoms with van der Waals surface area (Å²) in [5.74, 6) is -9.75. The predicted molar refractivity (Wildman–Crippen MR) is 453 cm³/mol. The van der Waals surface area contributed by atoms with Gasteiger partial charge in [0.15, 0.2) is 6.23 Å². The van der Waals surface area contributed by atoms with Gasteiger partial charge in [-0.1, -0.05) is 125 Å². The van der Waals surface area contributed by atoms with Crippen molar-refractivity contribution in [2.24, 2.45) is 17.6 Å². The van der Waals surface area contributed by atoms with Gasteiger partial charge in [-0.3, -0.25) is 57.5 Å². The molecule has 0 bridgehead atoms. The average molecular weight is 1720 g/mol. The molecule has 2 fully saturated rings. The highest BCUT2D eigenvalue weighted by Crippen LogP contribution is 2.33. The maximum absolute atomic E-state index is 14.9. The number of nitrogens with zero attached hydrogens (tertiary/aromatic N) is 2. The number of carbonyl (C=O) groups is 12. The summed E-state index contributed by atoms with van der Waals surface area (Å²) in [6.45, 7) is 10.8. The van der Waals surface area contributed by atoms with Crippen LogP contribution in [0, 0.1) is 11.8 Å². The Bertz CT molecular complexity index is 4290. The van der Waals surface area contributed by atoms with Crippen molar-refractivity contribution in [3.05, 3.63) is 138 Å². The van der Waals surface area contributed by atoms with Gasteiger partial charge < -0.3 is 119 Å². The molecule has 2 heterocycles. The minimum Gasteiger partial charge on any atom is -0.506 e. The first-order valence-electron chi connectivity index (χ1n) is 41.0. The smallest absolute Gasteiger partial charge is 0.251 e. The molecule has 2 aliphatic heterocycles. The summed E-state index contributed by atoms with van der Waals surface area (Å²) in [7, 11) is 0. The number of phenols is 1. The number of aliphatic hydroxyl groups excluding tert-OH is 8. The lowest BCUT2D eigenvalue weighted by Gasteiger charge is -2.34. The third-order valence-corrected chi connectivity index (χ3v) is 21.9. The highest BCUT2D eigenvalue weighted by molar-refractivity contribution is 7.98. The number of nitrogens with one attached hydrogen (secondary N) is 10. The third-order valence-electron chi connectivity index (χ3n) is 21.3. The van der Waals surface area contributed by atoms with Crippen LogP contribution in [0.4, 0.5) is 5.69 Å². The van der Waals surface area contributed by atoms with Gasteiger partial charge in [-0.25, -0.2) is 0 Å². The molecule has 5 aromatic rings. The van der Waals surface area contributed by atoms with E-state index in [1.165, 1.54) is 18.7 Å². The van der Waals surface area contributed by atoms with Gasteiger partial charge in [-0.15, -0.1) is 0 Å². The minimum absolute atomic E-state index is 0.00684. The number of nitrogens with two attached hydrogens (primary N) is 1. The molecule has 122 heavy (non-hydrogen) atoms. The number of thioether (sulfide) groups is 1. The molecule has 36 heteroatoms. The van der Waals surface area contributed by atoms with Gasteiger partial charge >= 0.3 is 0 Å². The Hall–Kier alpha value is -10.7. The van der Waals surface area contributed by atoms with Gasteiger partial charge in [-0.05, 0) is 153 Å². The van der Waals surface area contributed by atoms with E-state index in [0.29, 0.717) is 30.8 Å². The summed E-state index contributed by atoms with van der Waals surface area (Å²) in [5.41, 5.74) is 10.3. The standard InChI is InChI=1S/C86H119N13O22S/c1-9-10-16-36-121-60-31-28-56(29-32-60)54-22-20-53(21-23-54)55-24-26-57(27-25-55)76(110)91-49(5)39-68(106)82(116)97-84(118)72-73(107)48(4)43-99(72)86(120)70(51(7)103)95-83(117)71(96-81(115)66-42-59(104)44-98(66)85(119)69(50(6)102)90-46-101)75(109)74(108)58-30-33-67(105)63(41-58)92-77(111)61(87)19-14-15-35-88-78(112)65(40-52-17-12-11-13-18-52)94-80(114)64(38-47(2)3)93-79(113)62(89-45-100)34-37-122-8/h11-13,17-18,20-33,41,45-51,59,61-62,64-66,68-75,82,102-109,116H,9-10,14-16,19,34-40,42-44,87H2,1-8H3,(H,88,112)(H,89,100)(H,90,101)(H,91,110)(H,92,111)(H,93,113)(H,94,114)(H,95,117)(H,96,115)(H,97,118). The maximum Gasteiger partial charge on any atom is 0.251 e. The van der Waals surface area contributed by atoms with Gasteiger partial charge in [0.05, 0.1) is 42.8 Å². The van der Waals surface area contributed by atoms with Crippen LogP contribution in [0.2, 0.25) is 0 Å². The Morgan fingerprint density at radius 2 is 1.20 bits per heavy atom. The normalized spacial score (nSPS) is 19.1. The SMILES string of the molecule is CCCCCOc1ccc(-c2ccc(-c3ccc(C(=O)NC(C)CC(O)C(O)NC(=O)C4C(O)C(C)CN4C(=O)C(NC(=O)C(NC(=O)C4CC(O)CN4C(=O)C(NC=O)C(C)O)C(O)C(O)c4ccc(O)c(NC(=O)C(N)CCCCNC(=O)C(Cc5ccccc5)NC(=O)C(CC(C)C)NC(=O)C(CCSC)NC=O)c4)C(C)O)cc3)cc2)cc1. The molecule has 35 nitrogen and oxygen atoms in total. The number of likely N-dealkylation sites (tertiary alicyclic amines) is 2. The lowest BCUT2D eigenvalue weighted by atomic mass is 9.96. The molecule has 19 atom stereocenters. The fraction of sp³-hybridized carbons (Fsp3) is 0.512. The van der Waals surface area contributed by atoms with Gasteiger partial charge in [-0.2, -0.15) is 11.8 Å². The summed E-state index contributed by atoms with van der Waals surface area (Å²) in [5, 5.41) is 127. The molecule has 2 aliphatic rings. The van der Waals surface area contributed by atoms with Crippen molar-refractivity contribution < 1.29 is 108 Å². The largest absolute Gasteiger partial charge is 0.506 e. The van der Waals surface area contributed by atoms with Gasteiger partial charge in [0.2, 0.25) is 66.0 Å². The summed E-state index contributed by atoms with van der Waals surface area (Å²) >= 11 is 1.47. The van der Waals surface area contributed by atoms with Gasteiger partial charge in [0.1, 0.15) is 78.1 Å². The Labute approximate surface area is 713 Å². The molecule has 666 valence electrons. The van der Waals surface area contributed by atoms with E-state index in [2.05, 4.69) is 60.1 Å². The third kappa shape index (κ3) is 28.5. The number of anilines is 1. The Balaban J connectivity index is 0.999. The summed E-state index contributed by atoms with van der Waals surface area (Å²) in [4.78, 5) is 165. The van der Waals surface area contributed by atoms with Crippen molar-refractivity contribution in [2.75, 3.05) is 43.6 Å². The molecule has 7 rings (SSSR count). The quantitative estimate of drug-likeness (QED) is 0.0108. The van der Waals surface area contributed by atoms with E-state index >= 15 is 0 Å². The van der Waals surface area contributed by atoms with Crippen LogP contribution in [0.1, 0.15) is 140 Å².